The summed E-state index contributed by atoms with van der Waals surface area (Å²) in [5.74, 6) is 0.858. The van der Waals surface area contributed by atoms with E-state index in [4.69, 9.17) is 4.74 Å². The Morgan fingerprint density at radius 2 is 2.05 bits per heavy atom. The average molecular weight is 278 g/mol. The number of carbonyl (C=O) groups excluding carboxylic acids is 1. The van der Waals surface area contributed by atoms with Crippen LogP contribution < -0.4 is 4.74 Å². The van der Waals surface area contributed by atoms with E-state index in [2.05, 4.69) is 23.6 Å². The van der Waals surface area contributed by atoms with Crippen molar-refractivity contribution >= 4 is 5.78 Å². The summed E-state index contributed by atoms with van der Waals surface area (Å²) in [4.78, 5) is 16.7. The van der Waals surface area contributed by atoms with Crippen LogP contribution in [-0.4, -0.2) is 62.5 Å². The summed E-state index contributed by atoms with van der Waals surface area (Å²) in [6, 6.07) is 7.70. The Morgan fingerprint density at radius 3 is 2.60 bits per heavy atom. The van der Waals surface area contributed by atoms with Crippen LogP contribution in [0.15, 0.2) is 24.3 Å². The van der Waals surface area contributed by atoms with E-state index in [1.54, 1.807) is 13.2 Å². The number of rotatable bonds is 8. The zero-order valence-corrected chi connectivity index (χ0v) is 13.2. The van der Waals surface area contributed by atoms with Crippen molar-refractivity contribution in [3.8, 4) is 5.75 Å². The topological polar surface area (TPSA) is 32.8 Å². The molecule has 0 N–H and O–H groups in total. The van der Waals surface area contributed by atoms with Crippen LogP contribution in [0.1, 0.15) is 24.2 Å². The summed E-state index contributed by atoms with van der Waals surface area (Å²) in [5.41, 5.74) is 0.708. The van der Waals surface area contributed by atoms with Gasteiger partial charge in [-0.3, -0.25) is 9.69 Å². The molecule has 4 heteroatoms. The second-order valence-electron chi connectivity index (χ2n) is 5.33. The summed E-state index contributed by atoms with van der Waals surface area (Å²) in [6.07, 6.45) is 0. The maximum Gasteiger partial charge on any atom is 0.176 e. The molecule has 1 aromatic rings. The Labute approximate surface area is 122 Å². The number of hydrogen-bond acceptors (Lipinski definition) is 4. The zero-order chi connectivity index (χ0) is 15.1. The van der Waals surface area contributed by atoms with Crippen LogP contribution in [0.5, 0.6) is 5.75 Å². The molecule has 0 spiro atoms. The predicted molar refractivity (Wildman–Crippen MR) is 82.6 cm³/mol. The van der Waals surface area contributed by atoms with Crippen molar-refractivity contribution in [2.45, 2.75) is 19.9 Å². The molecule has 0 bridgehead atoms. The normalized spacial score (nSPS) is 12.8. The molecule has 0 radical (unpaired) electrons. The van der Waals surface area contributed by atoms with Crippen molar-refractivity contribution in [1.29, 1.82) is 0 Å². The molecule has 1 unspecified atom stereocenters. The molecule has 1 rings (SSSR count). The van der Waals surface area contributed by atoms with Gasteiger partial charge in [0.05, 0.1) is 13.7 Å². The van der Waals surface area contributed by atoms with Crippen molar-refractivity contribution in [3.63, 3.8) is 0 Å². The first-order valence-corrected chi connectivity index (χ1v) is 7.04. The minimum atomic E-state index is 0.136. The van der Waals surface area contributed by atoms with Gasteiger partial charge in [0, 0.05) is 18.2 Å². The summed E-state index contributed by atoms with van der Waals surface area (Å²) in [7, 11) is 5.71. The van der Waals surface area contributed by atoms with Crippen LogP contribution in [0, 0.1) is 0 Å². The lowest BCUT2D eigenvalue weighted by Crippen LogP contribution is -2.42. The Bertz CT molecular complexity index is 432. The van der Waals surface area contributed by atoms with Crippen molar-refractivity contribution in [2.24, 2.45) is 0 Å². The van der Waals surface area contributed by atoms with Crippen LogP contribution in [0.2, 0.25) is 0 Å². The van der Waals surface area contributed by atoms with Crippen molar-refractivity contribution < 1.29 is 9.53 Å². The third kappa shape index (κ3) is 4.94. The average Bonchev–Trinajstić information content (AvgIpc) is 2.43. The molecule has 0 saturated carbocycles. The molecule has 0 saturated heterocycles. The van der Waals surface area contributed by atoms with Gasteiger partial charge in [-0.25, -0.2) is 0 Å². The highest BCUT2D eigenvalue weighted by atomic mass is 16.5. The second kappa shape index (κ2) is 8.02. The highest BCUT2D eigenvalue weighted by molar-refractivity contribution is 5.97. The summed E-state index contributed by atoms with van der Waals surface area (Å²) >= 11 is 0. The zero-order valence-electron chi connectivity index (χ0n) is 13.2. The number of likely N-dealkylation sites (N-methyl/N-ethyl adjacent to an activating group) is 2. The molecule has 0 aliphatic carbocycles. The molecule has 0 aromatic heterocycles. The smallest absolute Gasteiger partial charge is 0.176 e. The van der Waals surface area contributed by atoms with E-state index < -0.39 is 0 Å². The van der Waals surface area contributed by atoms with Gasteiger partial charge in [-0.1, -0.05) is 19.1 Å². The largest absolute Gasteiger partial charge is 0.497 e. The molecular weight excluding hydrogens is 252 g/mol. The first-order chi connectivity index (χ1) is 9.47. The summed E-state index contributed by atoms with van der Waals surface area (Å²) in [6.45, 7) is 6.50. The lowest BCUT2D eigenvalue weighted by atomic mass is 10.1. The molecule has 1 atom stereocenters. The van der Waals surface area contributed by atoms with Gasteiger partial charge in [0.15, 0.2) is 5.78 Å². The van der Waals surface area contributed by atoms with Gasteiger partial charge in [-0.15, -0.1) is 0 Å². The third-order valence-corrected chi connectivity index (χ3v) is 3.40. The van der Waals surface area contributed by atoms with E-state index >= 15 is 0 Å². The van der Waals surface area contributed by atoms with Gasteiger partial charge >= 0.3 is 0 Å². The van der Waals surface area contributed by atoms with Gasteiger partial charge in [0.1, 0.15) is 5.75 Å². The maximum absolute atomic E-state index is 12.4. The molecule has 112 valence electrons. The quantitative estimate of drug-likeness (QED) is 0.682. The first-order valence-electron chi connectivity index (χ1n) is 7.04. The lowest BCUT2D eigenvalue weighted by Gasteiger charge is -2.29. The van der Waals surface area contributed by atoms with Gasteiger partial charge in [-0.05, 0) is 39.7 Å². The van der Waals surface area contributed by atoms with Gasteiger partial charge < -0.3 is 9.64 Å². The molecule has 0 aliphatic heterocycles. The van der Waals surface area contributed by atoms with Crippen molar-refractivity contribution in [1.82, 2.24) is 9.80 Å². The SMILES string of the molecule is CCN(CC(=O)c1cccc(OC)c1)C(C)CN(C)C. The number of ether oxygens (including phenoxy) is 1. The Morgan fingerprint density at radius 1 is 1.35 bits per heavy atom. The number of nitrogens with zero attached hydrogens (tertiary/aromatic N) is 2. The second-order valence-corrected chi connectivity index (χ2v) is 5.33. The third-order valence-electron chi connectivity index (χ3n) is 3.40. The first kappa shape index (κ1) is 16.7. The highest BCUT2D eigenvalue weighted by Gasteiger charge is 2.17. The van der Waals surface area contributed by atoms with Gasteiger partial charge in [0.25, 0.3) is 0 Å². The van der Waals surface area contributed by atoms with E-state index in [0.717, 1.165) is 18.8 Å². The number of carbonyl (C=O) groups is 1. The van der Waals surface area contributed by atoms with E-state index in [0.29, 0.717) is 18.2 Å². The number of methoxy groups -OCH3 is 1. The molecule has 20 heavy (non-hydrogen) atoms. The standard InChI is InChI=1S/C16H26N2O2/c1-6-18(13(2)11-17(3)4)12-16(19)14-8-7-9-15(10-14)20-5/h7-10,13H,6,11-12H2,1-5H3. The van der Waals surface area contributed by atoms with Crippen LogP contribution in [0.4, 0.5) is 0 Å². The van der Waals surface area contributed by atoms with Crippen LogP contribution in [0.25, 0.3) is 0 Å². The lowest BCUT2D eigenvalue weighted by molar-refractivity contribution is 0.0888. The van der Waals surface area contributed by atoms with E-state index in [1.165, 1.54) is 0 Å². The molecule has 0 amide bonds. The number of ketones is 1. The Balaban J connectivity index is 2.71. The maximum atomic E-state index is 12.4. The predicted octanol–water partition coefficient (Wildman–Crippen LogP) is 2.15. The summed E-state index contributed by atoms with van der Waals surface area (Å²) < 4.78 is 5.16. The van der Waals surface area contributed by atoms with E-state index in [1.807, 2.05) is 32.3 Å². The minimum absolute atomic E-state index is 0.136. The number of hydrogen-bond donors (Lipinski definition) is 0. The number of Topliss-reactive ketones (excluding diaryl/α,β-unsaturated/α-hetero) is 1. The fourth-order valence-corrected chi connectivity index (χ4v) is 2.30. The monoisotopic (exact) mass is 278 g/mol. The van der Waals surface area contributed by atoms with Crippen molar-refractivity contribution in [2.75, 3.05) is 40.8 Å². The van der Waals surface area contributed by atoms with E-state index in [-0.39, 0.29) is 5.78 Å². The summed E-state index contributed by atoms with van der Waals surface area (Å²) in [5, 5.41) is 0. The van der Waals surface area contributed by atoms with Crippen LogP contribution >= 0.6 is 0 Å². The fourth-order valence-electron chi connectivity index (χ4n) is 2.30. The molecule has 0 heterocycles. The molecule has 1 aromatic carbocycles. The fraction of sp³-hybridized carbons (Fsp3) is 0.562. The Kier molecular flexibility index (Phi) is 6.68. The van der Waals surface area contributed by atoms with Crippen molar-refractivity contribution in [3.05, 3.63) is 29.8 Å². The molecule has 0 fully saturated rings. The highest BCUT2D eigenvalue weighted by Crippen LogP contribution is 2.14. The minimum Gasteiger partial charge on any atom is -0.497 e. The van der Waals surface area contributed by atoms with Crippen LogP contribution in [-0.2, 0) is 0 Å². The number of benzene rings is 1. The molecular formula is C16H26N2O2. The van der Waals surface area contributed by atoms with Crippen LogP contribution in [0.3, 0.4) is 0 Å². The Hall–Kier alpha value is -1.39. The van der Waals surface area contributed by atoms with Gasteiger partial charge in [-0.2, -0.15) is 0 Å². The van der Waals surface area contributed by atoms with Gasteiger partial charge in [0.2, 0.25) is 0 Å². The van der Waals surface area contributed by atoms with E-state index in [9.17, 15) is 4.79 Å². The molecule has 0 aliphatic rings. The molecule has 4 nitrogen and oxygen atoms in total.